The van der Waals surface area contributed by atoms with E-state index in [4.69, 9.17) is 16.8 Å². The van der Waals surface area contributed by atoms with Crippen LogP contribution in [0.5, 0.6) is 0 Å². The average molecular weight is 175 g/mol. The molecule has 0 aliphatic rings. The predicted octanol–water partition coefficient (Wildman–Crippen LogP) is 1.68. The van der Waals surface area contributed by atoms with Crippen molar-refractivity contribution in [3.05, 3.63) is 28.8 Å². The van der Waals surface area contributed by atoms with Crippen molar-refractivity contribution in [1.29, 1.82) is 0 Å². The topological polar surface area (TPSA) is 45.5 Å². The standard InChI is InChI=1S/C6H4ClFN2O/c7-6-4(2-10-11)1-9-3-5(6)8/h1-3,11H/b10-2+. The highest BCUT2D eigenvalue weighted by molar-refractivity contribution is 6.33. The highest BCUT2D eigenvalue weighted by atomic mass is 35.5. The summed E-state index contributed by atoms with van der Waals surface area (Å²) in [6, 6.07) is 0. The van der Waals surface area contributed by atoms with Crippen molar-refractivity contribution in [2.24, 2.45) is 5.16 Å². The Balaban J connectivity index is 3.16. The van der Waals surface area contributed by atoms with Gasteiger partial charge in [-0.1, -0.05) is 16.8 Å². The lowest BCUT2D eigenvalue weighted by Crippen LogP contribution is -1.88. The average Bonchev–Trinajstić information content (AvgIpc) is 1.99. The summed E-state index contributed by atoms with van der Waals surface area (Å²) in [5, 5.41) is 10.7. The summed E-state index contributed by atoms with van der Waals surface area (Å²) in [7, 11) is 0. The van der Waals surface area contributed by atoms with Gasteiger partial charge in [0, 0.05) is 11.8 Å². The lowest BCUT2D eigenvalue weighted by molar-refractivity contribution is 0.322. The molecule has 0 fully saturated rings. The van der Waals surface area contributed by atoms with Gasteiger partial charge in [-0.25, -0.2) is 4.39 Å². The van der Waals surface area contributed by atoms with Gasteiger partial charge in [-0.15, -0.1) is 0 Å². The fourth-order valence-electron chi connectivity index (χ4n) is 0.586. The number of halogens is 2. The maximum atomic E-state index is 12.6. The summed E-state index contributed by atoms with van der Waals surface area (Å²) in [6.45, 7) is 0. The molecule has 1 rings (SSSR count). The quantitative estimate of drug-likeness (QED) is 0.400. The van der Waals surface area contributed by atoms with Gasteiger partial charge in [-0.3, -0.25) is 4.98 Å². The van der Waals surface area contributed by atoms with Crippen LogP contribution >= 0.6 is 11.6 Å². The number of pyridine rings is 1. The van der Waals surface area contributed by atoms with E-state index in [9.17, 15) is 4.39 Å². The van der Waals surface area contributed by atoms with E-state index in [2.05, 4.69) is 10.1 Å². The monoisotopic (exact) mass is 174 g/mol. The van der Waals surface area contributed by atoms with Crippen molar-refractivity contribution < 1.29 is 9.60 Å². The summed E-state index contributed by atoms with van der Waals surface area (Å²) in [4.78, 5) is 3.50. The normalized spacial score (nSPS) is 10.7. The van der Waals surface area contributed by atoms with Crippen molar-refractivity contribution in [3.8, 4) is 0 Å². The fraction of sp³-hybridized carbons (Fsp3) is 0. The molecule has 3 nitrogen and oxygen atoms in total. The summed E-state index contributed by atoms with van der Waals surface area (Å²) < 4.78 is 12.6. The van der Waals surface area contributed by atoms with Gasteiger partial charge in [0.05, 0.1) is 17.4 Å². The third kappa shape index (κ3) is 1.65. The number of rotatable bonds is 1. The maximum Gasteiger partial charge on any atom is 0.160 e. The summed E-state index contributed by atoms with van der Waals surface area (Å²) in [6.07, 6.45) is 3.29. The van der Waals surface area contributed by atoms with E-state index < -0.39 is 5.82 Å². The van der Waals surface area contributed by atoms with E-state index in [1.54, 1.807) is 0 Å². The molecule has 0 aliphatic heterocycles. The van der Waals surface area contributed by atoms with Crippen LogP contribution in [-0.4, -0.2) is 16.4 Å². The molecule has 0 amide bonds. The third-order valence-corrected chi connectivity index (χ3v) is 1.46. The highest BCUT2D eigenvalue weighted by Gasteiger charge is 2.03. The summed E-state index contributed by atoms with van der Waals surface area (Å²) in [5.41, 5.74) is 0.245. The van der Waals surface area contributed by atoms with Gasteiger partial charge in [0.25, 0.3) is 0 Å². The highest BCUT2D eigenvalue weighted by Crippen LogP contribution is 2.15. The van der Waals surface area contributed by atoms with Crippen LogP contribution < -0.4 is 0 Å². The molecule has 1 aromatic heterocycles. The van der Waals surface area contributed by atoms with Crippen LogP contribution in [0, 0.1) is 5.82 Å². The van der Waals surface area contributed by atoms with Gasteiger partial charge in [0.15, 0.2) is 5.82 Å². The summed E-state index contributed by atoms with van der Waals surface area (Å²) >= 11 is 5.45. The second kappa shape index (κ2) is 3.30. The van der Waals surface area contributed by atoms with Crippen LogP contribution in [-0.2, 0) is 0 Å². The molecule has 0 saturated heterocycles. The second-order valence-electron chi connectivity index (χ2n) is 1.77. The van der Waals surface area contributed by atoms with Crippen LogP contribution in [0.15, 0.2) is 17.5 Å². The molecule has 5 heteroatoms. The molecule has 0 saturated carbocycles. The number of nitrogens with zero attached hydrogens (tertiary/aromatic N) is 2. The molecule has 0 bridgehead atoms. The van der Waals surface area contributed by atoms with Crippen molar-refractivity contribution in [2.75, 3.05) is 0 Å². The molecule has 58 valence electrons. The molecule has 1 aromatic rings. The van der Waals surface area contributed by atoms with Gasteiger partial charge >= 0.3 is 0 Å². The molecule has 1 N–H and O–H groups in total. The molecule has 0 atom stereocenters. The lowest BCUT2D eigenvalue weighted by Gasteiger charge is -1.95. The fourth-order valence-corrected chi connectivity index (χ4v) is 0.733. The number of aromatic nitrogens is 1. The number of hydrogen-bond donors (Lipinski definition) is 1. The van der Waals surface area contributed by atoms with Crippen LogP contribution in [0.2, 0.25) is 5.02 Å². The van der Waals surface area contributed by atoms with Crippen LogP contribution in [0.3, 0.4) is 0 Å². The first-order valence-electron chi connectivity index (χ1n) is 2.72. The smallest absolute Gasteiger partial charge is 0.160 e. The zero-order chi connectivity index (χ0) is 8.27. The van der Waals surface area contributed by atoms with Crippen LogP contribution in [0.25, 0.3) is 0 Å². The van der Waals surface area contributed by atoms with E-state index in [0.29, 0.717) is 0 Å². The third-order valence-electron chi connectivity index (χ3n) is 1.06. The zero-order valence-corrected chi connectivity index (χ0v) is 6.09. The lowest BCUT2D eigenvalue weighted by atomic mass is 10.3. The van der Waals surface area contributed by atoms with Crippen LogP contribution in [0.4, 0.5) is 4.39 Å². The minimum absolute atomic E-state index is 0.0993. The molecule has 0 aliphatic carbocycles. The molecular formula is C6H4ClFN2O. The first-order valence-corrected chi connectivity index (χ1v) is 3.10. The Morgan fingerprint density at radius 2 is 2.36 bits per heavy atom. The van der Waals surface area contributed by atoms with Crippen molar-refractivity contribution in [3.63, 3.8) is 0 Å². The number of oxime groups is 1. The van der Waals surface area contributed by atoms with E-state index >= 15 is 0 Å². The first kappa shape index (κ1) is 7.94. The summed E-state index contributed by atoms with van der Waals surface area (Å²) in [5.74, 6) is -0.635. The van der Waals surface area contributed by atoms with E-state index in [1.165, 1.54) is 6.20 Å². The maximum absolute atomic E-state index is 12.6. The molecule has 0 spiro atoms. The van der Waals surface area contributed by atoms with Gasteiger partial charge in [0.1, 0.15) is 0 Å². The van der Waals surface area contributed by atoms with E-state index in [1.807, 2.05) is 0 Å². The first-order chi connectivity index (χ1) is 5.25. The minimum atomic E-state index is -0.635. The predicted molar refractivity (Wildman–Crippen MR) is 38.6 cm³/mol. The van der Waals surface area contributed by atoms with E-state index in [-0.39, 0.29) is 10.6 Å². The SMILES string of the molecule is O/N=C/c1cncc(F)c1Cl. The molecule has 0 unspecified atom stereocenters. The molecule has 11 heavy (non-hydrogen) atoms. The minimum Gasteiger partial charge on any atom is -0.411 e. The van der Waals surface area contributed by atoms with Crippen molar-refractivity contribution >= 4 is 17.8 Å². The zero-order valence-electron chi connectivity index (χ0n) is 5.33. The van der Waals surface area contributed by atoms with Crippen molar-refractivity contribution in [2.45, 2.75) is 0 Å². The Labute approximate surface area is 67.1 Å². The Hall–Kier alpha value is -1.16. The Morgan fingerprint density at radius 1 is 1.64 bits per heavy atom. The second-order valence-corrected chi connectivity index (χ2v) is 2.15. The Bertz CT molecular complexity index is 290. The van der Waals surface area contributed by atoms with E-state index in [0.717, 1.165) is 12.4 Å². The van der Waals surface area contributed by atoms with Gasteiger partial charge < -0.3 is 5.21 Å². The Kier molecular flexibility index (Phi) is 2.38. The van der Waals surface area contributed by atoms with Gasteiger partial charge in [-0.2, -0.15) is 0 Å². The van der Waals surface area contributed by atoms with Gasteiger partial charge in [-0.05, 0) is 0 Å². The van der Waals surface area contributed by atoms with Gasteiger partial charge in [0.2, 0.25) is 0 Å². The Morgan fingerprint density at radius 3 is 3.00 bits per heavy atom. The van der Waals surface area contributed by atoms with Crippen molar-refractivity contribution in [1.82, 2.24) is 4.98 Å². The van der Waals surface area contributed by atoms with Crippen LogP contribution in [0.1, 0.15) is 5.56 Å². The molecular weight excluding hydrogens is 171 g/mol. The largest absolute Gasteiger partial charge is 0.411 e. The molecule has 0 radical (unpaired) electrons. The number of hydrogen-bond acceptors (Lipinski definition) is 3. The molecule has 0 aromatic carbocycles. The molecule has 1 heterocycles.